The summed E-state index contributed by atoms with van der Waals surface area (Å²) in [5.74, 6) is 2.15. The second kappa shape index (κ2) is 6.78. The molecule has 0 amide bonds. The summed E-state index contributed by atoms with van der Waals surface area (Å²) >= 11 is 0. The van der Waals surface area contributed by atoms with Crippen LogP contribution in [0.15, 0.2) is 34.3 Å². The van der Waals surface area contributed by atoms with Gasteiger partial charge in [0.25, 0.3) is 0 Å². The zero-order chi connectivity index (χ0) is 14.3. The topological polar surface area (TPSA) is 105 Å². The number of hydrogen-bond acceptors (Lipinski definition) is 5. The predicted molar refractivity (Wildman–Crippen MR) is 72.7 cm³/mol. The molecule has 7 heteroatoms. The molecule has 0 aliphatic carbocycles. The van der Waals surface area contributed by atoms with Crippen LogP contribution in [0.4, 0.5) is 0 Å². The van der Waals surface area contributed by atoms with Gasteiger partial charge in [-0.25, -0.2) is 8.42 Å². The van der Waals surface area contributed by atoms with Crippen molar-refractivity contribution in [3.05, 3.63) is 29.8 Å². The molecule has 1 rings (SSSR count). The first-order valence-corrected chi connectivity index (χ1v) is 7.11. The quantitative estimate of drug-likeness (QED) is 0.167. The maximum absolute atomic E-state index is 12.0. The Hall–Kier alpha value is -2.04. The molecule has 19 heavy (non-hydrogen) atoms. The maximum atomic E-state index is 12.0. The molecular formula is C12H15N3O3S. The molecule has 0 aromatic heterocycles. The van der Waals surface area contributed by atoms with Gasteiger partial charge in [0, 0.05) is 12.1 Å². The third-order valence-electron chi connectivity index (χ3n) is 2.37. The number of hydrogen-bond donors (Lipinski definition) is 3. The van der Waals surface area contributed by atoms with E-state index in [1.807, 2.05) is 0 Å². The number of amidine groups is 1. The molecule has 0 bridgehead atoms. The first-order valence-electron chi connectivity index (χ1n) is 5.46. The van der Waals surface area contributed by atoms with Gasteiger partial charge in [-0.3, -0.25) is 0 Å². The van der Waals surface area contributed by atoms with E-state index in [9.17, 15) is 8.42 Å². The highest BCUT2D eigenvalue weighted by atomic mass is 32.2. The number of benzene rings is 1. The van der Waals surface area contributed by atoms with Crippen LogP contribution in [0.5, 0.6) is 0 Å². The Kier molecular flexibility index (Phi) is 5.36. The number of terminal acetylenes is 1. The van der Waals surface area contributed by atoms with Gasteiger partial charge in [0.15, 0.2) is 15.7 Å². The lowest BCUT2D eigenvalue weighted by molar-refractivity contribution is 0.318. The lowest BCUT2D eigenvalue weighted by atomic mass is 10.2. The van der Waals surface area contributed by atoms with Crippen LogP contribution in [0.2, 0.25) is 0 Å². The van der Waals surface area contributed by atoms with E-state index in [-0.39, 0.29) is 23.0 Å². The van der Waals surface area contributed by atoms with Crippen LogP contribution in [-0.2, 0) is 9.84 Å². The summed E-state index contributed by atoms with van der Waals surface area (Å²) < 4.78 is 24.0. The molecular weight excluding hydrogens is 266 g/mol. The van der Waals surface area contributed by atoms with E-state index in [4.69, 9.17) is 17.4 Å². The molecule has 0 saturated carbocycles. The van der Waals surface area contributed by atoms with E-state index in [0.29, 0.717) is 12.1 Å². The fourth-order valence-electron chi connectivity index (χ4n) is 1.39. The van der Waals surface area contributed by atoms with Gasteiger partial charge in [-0.2, -0.15) is 0 Å². The minimum Gasteiger partial charge on any atom is -0.409 e. The second-order valence-electron chi connectivity index (χ2n) is 3.71. The molecule has 0 aliphatic rings. The Balaban J connectivity index is 2.87. The zero-order valence-corrected chi connectivity index (χ0v) is 11.0. The zero-order valence-electron chi connectivity index (χ0n) is 10.2. The normalized spacial score (nSPS) is 12.1. The van der Waals surface area contributed by atoms with E-state index in [2.05, 4.69) is 16.4 Å². The molecule has 6 nitrogen and oxygen atoms in total. The van der Waals surface area contributed by atoms with Gasteiger partial charge < -0.3 is 16.3 Å². The molecule has 1 aromatic rings. The van der Waals surface area contributed by atoms with Crippen LogP contribution in [0.1, 0.15) is 5.56 Å². The minimum absolute atomic E-state index is 0.0751. The first-order chi connectivity index (χ1) is 9.01. The summed E-state index contributed by atoms with van der Waals surface area (Å²) in [5, 5.41) is 14.2. The minimum atomic E-state index is -3.43. The molecule has 0 unspecified atom stereocenters. The molecule has 4 N–H and O–H groups in total. The summed E-state index contributed by atoms with van der Waals surface area (Å²) in [6.07, 6.45) is 5.05. The smallest absolute Gasteiger partial charge is 0.179 e. The molecule has 0 saturated heterocycles. The molecule has 0 aliphatic heterocycles. The molecule has 0 radical (unpaired) electrons. The Morgan fingerprint density at radius 2 is 2.26 bits per heavy atom. The molecule has 0 spiro atoms. The van der Waals surface area contributed by atoms with E-state index >= 15 is 0 Å². The first kappa shape index (κ1) is 15.0. The predicted octanol–water partition coefficient (Wildman–Crippen LogP) is -0.222. The van der Waals surface area contributed by atoms with Crippen LogP contribution in [0.3, 0.4) is 0 Å². The Morgan fingerprint density at radius 1 is 1.53 bits per heavy atom. The van der Waals surface area contributed by atoms with Crippen molar-refractivity contribution in [3.63, 3.8) is 0 Å². The number of nitrogens with zero attached hydrogens (tertiary/aromatic N) is 1. The number of rotatable bonds is 6. The van der Waals surface area contributed by atoms with Gasteiger partial charge in [-0.05, 0) is 12.1 Å². The molecule has 102 valence electrons. The van der Waals surface area contributed by atoms with Crippen molar-refractivity contribution < 1.29 is 13.6 Å². The number of oxime groups is 1. The number of sulfone groups is 1. The average molecular weight is 281 g/mol. The summed E-state index contributed by atoms with van der Waals surface area (Å²) in [7, 11) is -3.43. The van der Waals surface area contributed by atoms with Crippen molar-refractivity contribution in [1.29, 1.82) is 0 Å². The van der Waals surface area contributed by atoms with Crippen LogP contribution in [-0.4, -0.2) is 38.3 Å². The van der Waals surface area contributed by atoms with Gasteiger partial charge in [-0.15, -0.1) is 6.42 Å². The summed E-state index contributed by atoms with van der Waals surface area (Å²) in [5.41, 5.74) is 5.76. The average Bonchev–Trinajstić information content (AvgIpc) is 2.43. The fraction of sp³-hybridized carbons (Fsp3) is 0.250. The molecule has 0 atom stereocenters. The van der Waals surface area contributed by atoms with E-state index < -0.39 is 9.84 Å². The number of nitrogens with one attached hydrogen (secondary N) is 1. The van der Waals surface area contributed by atoms with Gasteiger partial charge in [0.2, 0.25) is 0 Å². The van der Waals surface area contributed by atoms with Crippen LogP contribution >= 0.6 is 0 Å². The molecule has 1 aromatic carbocycles. The Labute approximate surface area is 112 Å². The van der Waals surface area contributed by atoms with E-state index in [0.717, 1.165) is 0 Å². The van der Waals surface area contributed by atoms with Crippen LogP contribution < -0.4 is 11.1 Å². The highest BCUT2D eigenvalue weighted by Crippen LogP contribution is 2.13. The monoisotopic (exact) mass is 281 g/mol. The van der Waals surface area contributed by atoms with Crippen LogP contribution in [0, 0.1) is 12.3 Å². The summed E-state index contributed by atoms with van der Waals surface area (Å²) in [6.45, 7) is 0.583. The Bertz CT molecular complexity index is 603. The lowest BCUT2D eigenvalue weighted by Gasteiger charge is -2.06. The summed E-state index contributed by atoms with van der Waals surface area (Å²) in [4.78, 5) is 0.124. The Morgan fingerprint density at radius 3 is 2.89 bits per heavy atom. The highest BCUT2D eigenvalue weighted by Gasteiger charge is 2.15. The maximum Gasteiger partial charge on any atom is 0.179 e. The van der Waals surface area contributed by atoms with Crippen molar-refractivity contribution in [2.24, 2.45) is 10.9 Å². The van der Waals surface area contributed by atoms with Gasteiger partial charge in [0.1, 0.15) is 0 Å². The summed E-state index contributed by atoms with van der Waals surface area (Å²) in [6, 6.07) is 5.93. The molecule has 0 fully saturated rings. The van der Waals surface area contributed by atoms with Crippen molar-refractivity contribution in [3.8, 4) is 12.3 Å². The van der Waals surface area contributed by atoms with E-state index in [1.165, 1.54) is 18.2 Å². The van der Waals surface area contributed by atoms with E-state index in [1.54, 1.807) is 6.07 Å². The van der Waals surface area contributed by atoms with Gasteiger partial charge in [0.05, 0.1) is 17.2 Å². The van der Waals surface area contributed by atoms with Gasteiger partial charge in [-0.1, -0.05) is 23.2 Å². The highest BCUT2D eigenvalue weighted by molar-refractivity contribution is 7.91. The lowest BCUT2D eigenvalue weighted by Crippen LogP contribution is -2.23. The van der Waals surface area contributed by atoms with Crippen molar-refractivity contribution in [2.45, 2.75) is 4.90 Å². The van der Waals surface area contributed by atoms with Crippen molar-refractivity contribution in [1.82, 2.24) is 5.32 Å². The van der Waals surface area contributed by atoms with Crippen molar-refractivity contribution >= 4 is 15.7 Å². The standard InChI is InChI=1S/C12H15N3O3S/c1-2-6-14-7-8-19(17,18)11-5-3-4-10(9-11)12(13)15-16/h1,3-5,9,14,16H,6-8H2,(H2,13,15). The third-order valence-corrected chi connectivity index (χ3v) is 4.09. The second-order valence-corrected chi connectivity index (χ2v) is 5.82. The van der Waals surface area contributed by atoms with Gasteiger partial charge >= 0.3 is 0 Å². The SMILES string of the molecule is C#CCNCCS(=O)(=O)c1cccc(/C(N)=N\O)c1. The largest absolute Gasteiger partial charge is 0.409 e. The number of nitrogens with two attached hydrogens (primary N) is 1. The fourth-order valence-corrected chi connectivity index (χ4v) is 2.63. The van der Waals surface area contributed by atoms with Crippen molar-refractivity contribution in [2.75, 3.05) is 18.8 Å². The third kappa shape index (κ3) is 4.28. The molecule has 0 heterocycles. The van der Waals surface area contributed by atoms with Crippen LogP contribution in [0.25, 0.3) is 0 Å².